The van der Waals surface area contributed by atoms with Crippen molar-refractivity contribution in [3.05, 3.63) is 40.8 Å². The lowest BCUT2D eigenvalue weighted by Crippen LogP contribution is -2.24. The van der Waals surface area contributed by atoms with Crippen LogP contribution in [0.5, 0.6) is 0 Å². The zero-order chi connectivity index (χ0) is 13.0. The first-order valence-electron chi connectivity index (χ1n) is 6.34. The molecule has 0 fully saturated rings. The Kier molecular flexibility index (Phi) is 4.48. The molecule has 1 aromatic rings. The number of hydrogen-bond acceptors (Lipinski definition) is 3. The summed E-state index contributed by atoms with van der Waals surface area (Å²) in [6.45, 7) is 4.15. The molecule has 1 heterocycles. The predicted octanol–water partition coefficient (Wildman–Crippen LogP) is 4.17. The molecule has 0 aliphatic carbocycles. The fourth-order valence-corrected chi connectivity index (χ4v) is 2.99. The molecular weight excluding hydrogens is 244 g/mol. The molecule has 0 amide bonds. The summed E-state index contributed by atoms with van der Waals surface area (Å²) < 4.78 is 5.46. The minimum atomic E-state index is -0.161. The third-order valence-electron chi connectivity index (χ3n) is 2.95. The summed E-state index contributed by atoms with van der Waals surface area (Å²) in [4.78, 5) is 13.8. The number of carbonyl (C=O) groups excluding carboxylic acids is 1. The van der Waals surface area contributed by atoms with Crippen molar-refractivity contribution in [2.75, 3.05) is 0 Å². The molecule has 1 aromatic carbocycles. The molecule has 2 nitrogen and oxygen atoms in total. The van der Waals surface area contributed by atoms with E-state index < -0.39 is 0 Å². The number of rotatable bonds is 4. The van der Waals surface area contributed by atoms with E-state index in [0.717, 1.165) is 34.6 Å². The highest BCUT2D eigenvalue weighted by Gasteiger charge is 2.26. The zero-order valence-electron chi connectivity index (χ0n) is 10.8. The second-order valence-corrected chi connectivity index (χ2v) is 5.63. The molecule has 1 atom stereocenters. The minimum absolute atomic E-state index is 0.0719. The van der Waals surface area contributed by atoms with Crippen molar-refractivity contribution in [1.29, 1.82) is 0 Å². The van der Waals surface area contributed by atoms with Crippen LogP contribution in [-0.4, -0.2) is 12.1 Å². The largest absolute Gasteiger partial charge is 0.458 e. The van der Waals surface area contributed by atoms with Gasteiger partial charge in [-0.3, -0.25) is 0 Å². The minimum Gasteiger partial charge on any atom is -0.458 e. The van der Waals surface area contributed by atoms with Gasteiger partial charge in [0, 0.05) is 11.3 Å². The van der Waals surface area contributed by atoms with Crippen LogP contribution in [0.1, 0.15) is 33.1 Å². The van der Waals surface area contributed by atoms with Gasteiger partial charge in [0.25, 0.3) is 0 Å². The fraction of sp³-hybridized carbons (Fsp3) is 0.400. The molecule has 0 spiro atoms. The van der Waals surface area contributed by atoms with Crippen LogP contribution in [0.25, 0.3) is 0 Å². The van der Waals surface area contributed by atoms with E-state index in [9.17, 15) is 4.79 Å². The Hall–Kier alpha value is -1.22. The van der Waals surface area contributed by atoms with Crippen molar-refractivity contribution in [1.82, 2.24) is 0 Å². The van der Waals surface area contributed by atoms with E-state index in [1.165, 1.54) is 11.8 Å². The summed E-state index contributed by atoms with van der Waals surface area (Å²) in [7, 11) is 0. The quantitative estimate of drug-likeness (QED) is 0.762. The number of carbonyl (C=O) groups is 1. The summed E-state index contributed by atoms with van der Waals surface area (Å²) in [6.07, 6.45) is 2.94. The molecule has 18 heavy (non-hydrogen) atoms. The van der Waals surface area contributed by atoms with Crippen molar-refractivity contribution in [2.24, 2.45) is 0 Å². The average molecular weight is 262 g/mol. The van der Waals surface area contributed by atoms with Crippen molar-refractivity contribution >= 4 is 17.7 Å². The molecule has 0 aromatic heterocycles. The third kappa shape index (κ3) is 3.16. The number of hydrogen-bond donors (Lipinski definition) is 0. The SMILES string of the molecule is CCCC1CC(C)=C(Sc2ccccc2)C(=O)O1. The summed E-state index contributed by atoms with van der Waals surface area (Å²) >= 11 is 1.51. The third-order valence-corrected chi connectivity index (χ3v) is 4.18. The van der Waals surface area contributed by atoms with Crippen LogP contribution < -0.4 is 0 Å². The molecule has 0 bridgehead atoms. The number of benzene rings is 1. The number of ether oxygens (including phenoxy) is 1. The van der Waals surface area contributed by atoms with Crippen molar-refractivity contribution < 1.29 is 9.53 Å². The molecule has 96 valence electrons. The maximum absolute atomic E-state index is 12.0. The van der Waals surface area contributed by atoms with Crippen molar-refractivity contribution in [3.8, 4) is 0 Å². The molecule has 1 unspecified atom stereocenters. The van der Waals surface area contributed by atoms with Gasteiger partial charge < -0.3 is 4.74 Å². The van der Waals surface area contributed by atoms with Gasteiger partial charge in [-0.15, -0.1) is 0 Å². The number of cyclic esters (lactones) is 1. The van der Waals surface area contributed by atoms with Gasteiger partial charge in [0.1, 0.15) is 6.10 Å². The van der Waals surface area contributed by atoms with Gasteiger partial charge >= 0.3 is 5.97 Å². The maximum Gasteiger partial charge on any atom is 0.345 e. The highest BCUT2D eigenvalue weighted by Crippen LogP contribution is 2.35. The Morgan fingerprint density at radius 1 is 1.33 bits per heavy atom. The molecule has 1 aliphatic rings. The predicted molar refractivity (Wildman–Crippen MR) is 74.4 cm³/mol. The normalized spacial score (nSPS) is 19.9. The van der Waals surface area contributed by atoms with Crippen LogP contribution >= 0.6 is 11.8 Å². The van der Waals surface area contributed by atoms with E-state index in [0.29, 0.717) is 0 Å². The molecule has 0 saturated heterocycles. The lowest BCUT2D eigenvalue weighted by atomic mass is 10.0. The molecule has 0 N–H and O–H groups in total. The standard InChI is InChI=1S/C15H18O2S/c1-3-7-12-10-11(2)14(15(16)17-12)18-13-8-5-4-6-9-13/h4-6,8-9,12H,3,7,10H2,1-2H3. The van der Waals surface area contributed by atoms with Gasteiger partial charge in [0.15, 0.2) is 0 Å². The first-order chi connectivity index (χ1) is 8.70. The van der Waals surface area contributed by atoms with Crippen molar-refractivity contribution in [2.45, 2.75) is 44.1 Å². The second-order valence-electron chi connectivity index (χ2n) is 4.54. The number of esters is 1. The molecule has 1 aliphatic heterocycles. The Balaban J connectivity index is 2.12. The van der Waals surface area contributed by atoms with Crippen LogP contribution in [0.2, 0.25) is 0 Å². The van der Waals surface area contributed by atoms with Crippen LogP contribution in [0.15, 0.2) is 45.7 Å². The Bertz CT molecular complexity index is 451. The van der Waals surface area contributed by atoms with Crippen LogP contribution in [0.3, 0.4) is 0 Å². The van der Waals surface area contributed by atoms with Gasteiger partial charge in [-0.1, -0.05) is 43.3 Å². The van der Waals surface area contributed by atoms with Crippen LogP contribution in [0.4, 0.5) is 0 Å². The molecular formula is C15H18O2S. The monoisotopic (exact) mass is 262 g/mol. The molecule has 2 rings (SSSR count). The lowest BCUT2D eigenvalue weighted by molar-refractivity contribution is -0.145. The van der Waals surface area contributed by atoms with E-state index in [1.54, 1.807) is 0 Å². The van der Waals surface area contributed by atoms with Gasteiger partial charge in [0.05, 0.1) is 4.91 Å². The number of thioether (sulfide) groups is 1. The summed E-state index contributed by atoms with van der Waals surface area (Å²) in [5.41, 5.74) is 1.15. The van der Waals surface area contributed by atoms with Gasteiger partial charge in [-0.2, -0.15) is 0 Å². The first kappa shape index (κ1) is 13.2. The van der Waals surface area contributed by atoms with E-state index in [1.807, 2.05) is 37.3 Å². The summed E-state index contributed by atoms with van der Waals surface area (Å²) in [6, 6.07) is 9.95. The van der Waals surface area contributed by atoms with Gasteiger partial charge in [0.2, 0.25) is 0 Å². The molecule has 0 saturated carbocycles. The molecule has 3 heteroatoms. The average Bonchev–Trinajstić information content (AvgIpc) is 2.36. The van der Waals surface area contributed by atoms with Gasteiger partial charge in [-0.25, -0.2) is 4.79 Å². The lowest BCUT2D eigenvalue weighted by Gasteiger charge is -2.25. The zero-order valence-corrected chi connectivity index (χ0v) is 11.6. The highest BCUT2D eigenvalue weighted by molar-refractivity contribution is 8.04. The fourth-order valence-electron chi connectivity index (χ4n) is 2.07. The summed E-state index contributed by atoms with van der Waals surface area (Å²) in [5, 5.41) is 0. The van der Waals surface area contributed by atoms with Crippen LogP contribution in [0, 0.1) is 0 Å². The van der Waals surface area contributed by atoms with Crippen LogP contribution in [-0.2, 0) is 9.53 Å². The second kappa shape index (κ2) is 6.10. The maximum atomic E-state index is 12.0. The molecule has 0 radical (unpaired) electrons. The Labute approximate surface area is 112 Å². The highest BCUT2D eigenvalue weighted by atomic mass is 32.2. The van der Waals surface area contributed by atoms with E-state index >= 15 is 0 Å². The summed E-state index contributed by atoms with van der Waals surface area (Å²) in [5.74, 6) is -0.161. The van der Waals surface area contributed by atoms with E-state index in [2.05, 4.69) is 6.92 Å². The van der Waals surface area contributed by atoms with Gasteiger partial charge in [-0.05, 0) is 31.1 Å². The Morgan fingerprint density at radius 2 is 2.06 bits per heavy atom. The smallest absolute Gasteiger partial charge is 0.345 e. The topological polar surface area (TPSA) is 26.3 Å². The van der Waals surface area contributed by atoms with E-state index in [-0.39, 0.29) is 12.1 Å². The van der Waals surface area contributed by atoms with Crippen molar-refractivity contribution in [3.63, 3.8) is 0 Å². The van der Waals surface area contributed by atoms with E-state index in [4.69, 9.17) is 4.74 Å². The Morgan fingerprint density at radius 3 is 2.67 bits per heavy atom. The first-order valence-corrected chi connectivity index (χ1v) is 7.16.